The molecular weight excluding hydrogens is 242 g/mol. The number of carbonyl (C=O) groups excluding carboxylic acids is 1. The summed E-state index contributed by atoms with van der Waals surface area (Å²) in [4.78, 5) is 12.7. The zero-order valence-corrected chi connectivity index (χ0v) is 11.5. The first-order chi connectivity index (χ1) is 8.56. The van der Waals surface area contributed by atoms with E-state index in [9.17, 15) is 4.79 Å². The Hall–Kier alpha value is -1.61. The van der Waals surface area contributed by atoms with E-state index in [2.05, 4.69) is 23.5 Å². The predicted molar refractivity (Wildman–Crippen MR) is 77.0 cm³/mol. The molecule has 1 aliphatic rings. The highest BCUT2D eigenvalue weighted by Gasteiger charge is 2.13. The van der Waals surface area contributed by atoms with Crippen LogP contribution in [0.3, 0.4) is 0 Å². The fraction of sp³-hybridized carbons (Fsp3) is 0.200. The van der Waals surface area contributed by atoms with E-state index in [1.807, 2.05) is 38.1 Å². The monoisotopic (exact) mass is 257 g/mol. The first-order valence-corrected chi connectivity index (χ1v) is 6.56. The van der Waals surface area contributed by atoms with Crippen molar-refractivity contribution >= 4 is 23.4 Å². The number of aryl methyl sites for hydroxylation is 1. The minimum atomic E-state index is 0.106. The van der Waals surface area contributed by atoms with E-state index in [0.29, 0.717) is 0 Å². The van der Waals surface area contributed by atoms with Crippen LogP contribution in [-0.4, -0.2) is 11.5 Å². The predicted octanol–water partition coefficient (Wildman–Crippen LogP) is 3.92. The molecule has 1 aliphatic carbocycles. The van der Waals surface area contributed by atoms with Gasteiger partial charge in [-0.25, -0.2) is 4.40 Å². The van der Waals surface area contributed by atoms with Gasteiger partial charge in [0.05, 0.1) is 5.71 Å². The van der Waals surface area contributed by atoms with E-state index < -0.39 is 0 Å². The Balaban J connectivity index is 2.15. The molecule has 0 amide bonds. The van der Waals surface area contributed by atoms with E-state index in [1.165, 1.54) is 17.5 Å². The molecular formula is C15H15NOS. The van der Waals surface area contributed by atoms with Crippen molar-refractivity contribution in [1.29, 1.82) is 0 Å². The minimum absolute atomic E-state index is 0.106. The summed E-state index contributed by atoms with van der Waals surface area (Å²) in [6.45, 7) is 5.71. The molecule has 0 aromatic heterocycles. The second kappa shape index (κ2) is 5.36. The molecule has 0 heterocycles. The number of carbonyl (C=O) groups is 1. The molecule has 0 spiro atoms. The number of nitrogens with zero attached hydrogens (tertiary/aromatic N) is 1. The second-order valence-corrected chi connectivity index (χ2v) is 5.24. The second-order valence-electron chi connectivity index (χ2n) is 4.40. The van der Waals surface area contributed by atoms with Crippen LogP contribution < -0.4 is 0 Å². The molecule has 1 aromatic carbocycles. The van der Waals surface area contributed by atoms with E-state index in [1.54, 1.807) is 0 Å². The Morgan fingerprint density at radius 1 is 0.944 bits per heavy atom. The molecule has 0 saturated heterocycles. The third kappa shape index (κ3) is 2.99. The Kier molecular flexibility index (Phi) is 3.82. The fourth-order valence-corrected chi connectivity index (χ4v) is 2.26. The van der Waals surface area contributed by atoms with Gasteiger partial charge in [0.25, 0.3) is 0 Å². The largest absolute Gasteiger partial charge is 0.289 e. The maximum Gasteiger partial charge on any atom is 0.184 e. The van der Waals surface area contributed by atoms with Crippen LogP contribution in [0.2, 0.25) is 0 Å². The van der Waals surface area contributed by atoms with Crippen molar-refractivity contribution in [3.63, 3.8) is 0 Å². The van der Waals surface area contributed by atoms with Crippen molar-refractivity contribution in [3.05, 3.63) is 53.1 Å². The van der Waals surface area contributed by atoms with Crippen molar-refractivity contribution in [2.24, 2.45) is 4.40 Å². The zero-order chi connectivity index (χ0) is 13.1. The number of ketones is 1. The summed E-state index contributed by atoms with van der Waals surface area (Å²) in [7, 11) is 0. The number of rotatable bonds is 2. The van der Waals surface area contributed by atoms with Gasteiger partial charge in [-0.05, 0) is 56.2 Å². The lowest BCUT2D eigenvalue weighted by atomic mass is 9.98. The lowest BCUT2D eigenvalue weighted by Crippen LogP contribution is -2.10. The lowest BCUT2D eigenvalue weighted by molar-refractivity contribution is -0.112. The summed E-state index contributed by atoms with van der Waals surface area (Å²) in [5, 5.41) is 0. The summed E-state index contributed by atoms with van der Waals surface area (Å²) in [6.07, 6.45) is 3.66. The average molecular weight is 257 g/mol. The lowest BCUT2D eigenvalue weighted by Gasteiger charge is -2.08. The van der Waals surface area contributed by atoms with E-state index in [0.717, 1.165) is 21.8 Å². The molecule has 0 bridgehead atoms. The molecule has 0 unspecified atom stereocenters. The summed E-state index contributed by atoms with van der Waals surface area (Å²) in [6, 6.07) is 8.22. The Morgan fingerprint density at radius 2 is 1.50 bits per heavy atom. The summed E-state index contributed by atoms with van der Waals surface area (Å²) in [5.74, 6) is 0.106. The molecule has 2 nitrogen and oxygen atoms in total. The van der Waals surface area contributed by atoms with Gasteiger partial charge in [0.2, 0.25) is 0 Å². The third-order valence-corrected chi connectivity index (χ3v) is 3.51. The van der Waals surface area contributed by atoms with Crippen LogP contribution >= 0.6 is 11.9 Å². The molecule has 2 rings (SSSR count). The first-order valence-electron chi connectivity index (χ1n) is 5.79. The van der Waals surface area contributed by atoms with Gasteiger partial charge in [-0.15, -0.1) is 0 Å². The zero-order valence-electron chi connectivity index (χ0n) is 10.7. The van der Waals surface area contributed by atoms with Crippen molar-refractivity contribution in [1.82, 2.24) is 0 Å². The van der Waals surface area contributed by atoms with Crippen molar-refractivity contribution in [2.45, 2.75) is 25.7 Å². The standard InChI is InChI=1S/C15H15NOS/c1-10-4-6-14(7-5-10)18-16-13-8-11(2)15(17)12(3)9-13/h4-9H,1-3H3. The Morgan fingerprint density at radius 3 is 2.06 bits per heavy atom. The maximum atomic E-state index is 11.6. The van der Waals surface area contributed by atoms with Gasteiger partial charge in [0.1, 0.15) is 0 Å². The maximum absolute atomic E-state index is 11.6. The number of hydrogen-bond donors (Lipinski definition) is 0. The molecule has 0 fully saturated rings. The molecule has 0 radical (unpaired) electrons. The van der Waals surface area contributed by atoms with Gasteiger partial charge in [0, 0.05) is 16.8 Å². The molecule has 0 atom stereocenters. The van der Waals surface area contributed by atoms with Gasteiger partial charge in [-0.1, -0.05) is 17.7 Å². The summed E-state index contributed by atoms with van der Waals surface area (Å²) in [5.41, 5.74) is 3.58. The van der Waals surface area contributed by atoms with Crippen molar-refractivity contribution in [3.8, 4) is 0 Å². The van der Waals surface area contributed by atoms with E-state index in [4.69, 9.17) is 0 Å². The van der Waals surface area contributed by atoms with Crippen LogP contribution in [0.4, 0.5) is 0 Å². The van der Waals surface area contributed by atoms with E-state index in [-0.39, 0.29) is 5.78 Å². The van der Waals surface area contributed by atoms with Crippen LogP contribution in [0, 0.1) is 6.92 Å². The van der Waals surface area contributed by atoms with Gasteiger partial charge < -0.3 is 0 Å². The third-order valence-electron chi connectivity index (χ3n) is 2.72. The van der Waals surface area contributed by atoms with Gasteiger partial charge >= 0.3 is 0 Å². The van der Waals surface area contributed by atoms with Crippen LogP contribution in [0.1, 0.15) is 19.4 Å². The van der Waals surface area contributed by atoms with Gasteiger partial charge in [0.15, 0.2) is 5.78 Å². The van der Waals surface area contributed by atoms with Crippen LogP contribution in [0.5, 0.6) is 0 Å². The van der Waals surface area contributed by atoms with E-state index >= 15 is 0 Å². The van der Waals surface area contributed by atoms with Crippen molar-refractivity contribution in [2.75, 3.05) is 0 Å². The highest BCUT2D eigenvalue weighted by Crippen LogP contribution is 2.21. The number of hydrogen-bond acceptors (Lipinski definition) is 3. The SMILES string of the molecule is CC1=CC(=NSc2ccc(C)cc2)C=C(C)C1=O. The molecule has 3 heteroatoms. The number of allylic oxidation sites excluding steroid dienone is 4. The number of Topliss-reactive ketones (excluding diaryl/α,β-unsaturated/α-hetero) is 1. The molecule has 92 valence electrons. The van der Waals surface area contributed by atoms with Gasteiger partial charge in [-0.3, -0.25) is 4.79 Å². The molecule has 0 N–H and O–H groups in total. The molecule has 0 aliphatic heterocycles. The summed E-state index contributed by atoms with van der Waals surface area (Å²) < 4.78 is 4.45. The van der Waals surface area contributed by atoms with Crippen LogP contribution in [-0.2, 0) is 4.79 Å². The quantitative estimate of drug-likeness (QED) is 0.593. The summed E-state index contributed by atoms with van der Waals surface area (Å²) >= 11 is 1.43. The van der Waals surface area contributed by atoms with Crippen LogP contribution in [0.25, 0.3) is 0 Å². The smallest absolute Gasteiger partial charge is 0.184 e. The first kappa shape index (κ1) is 12.8. The van der Waals surface area contributed by atoms with Gasteiger partial charge in [-0.2, -0.15) is 0 Å². The van der Waals surface area contributed by atoms with Crippen molar-refractivity contribution < 1.29 is 4.79 Å². The minimum Gasteiger partial charge on any atom is -0.289 e. The molecule has 1 aromatic rings. The van der Waals surface area contributed by atoms with Crippen LogP contribution in [0.15, 0.2) is 56.9 Å². The highest BCUT2D eigenvalue weighted by molar-refractivity contribution is 7.98. The highest BCUT2D eigenvalue weighted by atomic mass is 32.2. The average Bonchev–Trinajstić information content (AvgIpc) is 2.35. The topological polar surface area (TPSA) is 29.4 Å². The number of benzene rings is 1. The Bertz CT molecular complexity index is 541. The molecule has 0 saturated carbocycles. The fourth-order valence-electron chi connectivity index (χ4n) is 1.68. The molecule has 18 heavy (non-hydrogen) atoms. The normalized spacial score (nSPS) is 15.3. The Labute approximate surface area is 112 Å².